The Morgan fingerprint density at radius 3 is 3.08 bits per heavy atom. The van der Waals surface area contributed by atoms with Crippen LogP contribution in [-0.4, -0.2) is 4.57 Å². The molecule has 0 N–H and O–H groups in total. The van der Waals surface area contributed by atoms with Crippen LogP contribution in [0, 0.1) is 13.0 Å². The van der Waals surface area contributed by atoms with Gasteiger partial charge < -0.3 is 4.57 Å². The smallest absolute Gasteiger partial charge is 0.0482 e. The fraction of sp³-hybridized carbons (Fsp3) is 0.273. The van der Waals surface area contributed by atoms with Crippen molar-refractivity contribution in [2.24, 2.45) is 0 Å². The number of nitrogens with zero attached hydrogens (tertiary/aromatic N) is 1. The molecule has 0 atom stereocenters. The van der Waals surface area contributed by atoms with E-state index in [1.54, 1.807) is 0 Å². The Labute approximate surface area is 72.6 Å². The van der Waals surface area contributed by atoms with Gasteiger partial charge in [-0.1, -0.05) is 6.07 Å². The molecule has 0 unspecified atom stereocenters. The van der Waals surface area contributed by atoms with Crippen LogP contribution < -0.4 is 0 Å². The van der Waals surface area contributed by atoms with Crippen molar-refractivity contribution in [3.63, 3.8) is 0 Å². The summed E-state index contributed by atoms with van der Waals surface area (Å²) in [4.78, 5) is 0. The molecule has 0 aliphatic rings. The normalized spacial score (nSPS) is 10.8. The number of aryl methyl sites for hydroxylation is 2. The van der Waals surface area contributed by atoms with E-state index in [4.69, 9.17) is 0 Å². The minimum Gasteiger partial charge on any atom is -0.345 e. The van der Waals surface area contributed by atoms with E-state index in [1.807, 2.05) is 12.1 Å². The quantitative estimate of drug-likeness (QED) is 0.601. The van der Waals surface area contributed by atoms with Gasteiger partial charge in [0, 0.05) is 23.1 Å². The van der Waals surface area contributed by atoms with E-state index >= 15 is 0 Å². The summed E-state index contributed by atoms with van der Waals surface area (Å²) < 4.78 is 2.31. The van der Waals surface area contributed by atoms with Crippen molar-refractivity contribution in [2.45, 2.75) is 20.4 Å². The lowest BCUT2D eigenvalue weighted by Gasteiger charge is -2.02. The molecule has 0 amide bonds. The minimum atomic E-state index is 1.04. The average molecular weight is 158 g/mol. The fourth-order valence-electron chi connectivity index (χ4n) is 1.71. The average Bonchev–Trinajstić information content (AvgIpc) is 2.40. The van der Waals surface area contributed by atoms with E-state index in [2.05, 4.69) is 36.6 Å². The molecule has 2 rings (SSSR count). The largest absolute Gasteiger partial charge is 0.345 e. The van der Waals surface area contributed by atoms with Gasteiger partial charge in [-0.3, -0.25) is 0 Å². The molecule has 0 aliphatic carbocycles. The van der Waals surface area contributed by atoms with Gasteiger partial charge in [0.05, 0.1) is 0 Å². The fourth-order valence-corrected chi connectivity index (χ4v) is 1.71. The zero-order valence-corrected chi connectivity index (χ0v) is 7.46. The van der Waals surface area contributed by atoms with Gasteiger partial charge in [-0.05, 0) is 38.1 Å². The predicted molar refractivity (Wildman–Crippen MR) is 51.2 cm³/mol. The molecule has 0 saturated heterocycles. The standard InChI is InChI=1S/C11H12N/c1-3-12-9(2)8-10-6-4-5-7-11(10)12/h5-8H,3H2,1-2H3. The molecule has 0 spiro atoms. The Hall–Kier alpha value is -1.24. The second-order valence-corrected chi connectivity index (χ2v) is 3.01. The van der Waals surface area contributed by atoms with Crippen LogP contribution in [0.3, 0.4) is 0 Å². The summed E-state index contributed by atoms with van der Waals surface area (Å²) in [6.07, 6.45) is 0. The monoisotopic (exact) mass is 158 g/mol. The first kappa shape index (κ1) is 7.41. The van der Waals surface area contributed by atoms with Gasteiger partial charge in [-0.2, -0.15) is 0 Å². The highest BCUT2D eigenvalue weighted by Crippen LogP contribution is 2.18. The molecule has 1 heteroatoms. The van der Waals surface area contributed by atoms with Crippen molar-refractivity contribution in [3.8, 4) is 0 Å². The first-order chi connectivity index (χ1) is 5.83. The van der Waals surface area contributed by atoms with Crippen LogP contribution in [-0.2, 0) is 6.54 Å². The van der Waals surface area contributed by atoms with Gasteiger partial charge in [0.15, 0.2) is 0 Å². The maximum absolute atomic E-state index is 3.09. The predicted octanol–water partition coefficient (Wildman–Crippen LogP) is 2.77. The first-order valence-electron chi connectivity index (χ1n) is 4.29. The minimum absolute atomic E-state index is 1.04. The second-order valence-electron chi connectivity index (χ2n) is 3.01. The number of rotatable bonds is 1. The van der Waals surface area contributed by atoms with Crippen molar-refractivity contribution in [2.75, 3.05) is 0 Å². The van der Waals surface area contributed by atoms with E-state index in [0.717, 1.165) is 6.54 Å². The van der Waals surface area contributed by atoms with Gasteiger partial charge in [0.1, 0.15) is 0 Å². The second kappa shape index (κ2) is 2.67. The maximum atomic E-state index is 3.09. The lowest BCUT2D eigenvalue weighted by molar-refractivity contribution is 0.770. The highest BCUT2D eigenvalue weighted by molar-refractivity contribution is 5.80. The molecule has 2 aromatic rings. The lowest BCUT2D eigenvalue weighted by atomic mass is 10.2. The lowest BCUT2D eigenvalue weighted by Crippen LogP contribution is -1.94. The third-order valence-electron chi connectivity index (χ3n) is 2.27. The van der Waals surface area contributed by atoms with Crippen LogP contribution in [0.25, 0.3) is 10.9 Å². The molecule has 0 saturated carbocycles. The topological polar surface area (TPSA) is 4.93 Å². The third kappa shape index (κ3) is 0.934. The molecule has 0 aliphatic heterocycles. The summed E-state index contributed by atoms with van der Waals surface area (Å²) in [5.41, 5.74) is 2.64. The van der Waals surface area contributed by atoms with Gasteiger partial charge in [0.25, 0.3) is 0 Å². The number of benzene rings is 1. The van der Waals surface area contributed by atoms with Crippen LogP contribution in [0.5, 0.6) is 0 Å². The molecular formula is C11H12N. The summed E-state index contributed by atoms with van der Waals surface area (Å²) in [7, 11) is 0. The van der Waals surface area contributed by atoms with E-state index in [1.165, 1.54) is 16.6 Å². The summed E-state index contributed by atoms with van der Waals surface area (Å²) in [6, 6.07) is 11.4. The SMILES string of the molecule is CCn1c(C)cc2c[c]ccc21. The van der Waals surface area contributed by atoms with E-state index < -0.39 is 0 Å². The van der Waals surface area contributed by atoms with Crippen molar-refractivity contribution in [1.82, 2.24) is 4.57 Å². The molecule has 1 nitrogen and oxygen atoms in total. The van der Waals surface area contributed by atoms with Crippen LogP contribution in [0.4, 0.5) is 0 Å². The van der Waals surface area contributed by atoms with Crippen molar-refractivity contribution < 1.29 is 0 Å². The Morgan fingerprint density at radius 2 is 2.33 bits per heavy atom. The van der Waals surface area contributed by atoms with E-state index in [9.17, 15) is 0 Å². The molecule has 1 radical (unpaired) electrons. The van der Waals surface area contributed by atoms with Crippen molar-refractivity contribution >= 4 is 10.9 Å². The molecule has 61 valence electrons. The number of aromatic nitrogens is 1. The summed E-state index contributed by atoms with van der Waals surface area (Å²) in [5.74, 6) is 0. The Bertz CT molecular complexity index is 398. The highest BCUT2D eigenvalue weighted by Gasteiger charge is 2.01. The van der Waals surface area contributed by atoms with Gasteiger partial charge >= 0.3 is 0 Å². The number of hydrogen-bond acceptors (Lipinski definition) is 0. The zero-order chi connectivity index (χ0) is 8.55. The Morgan fingerprint density at radius 1 is 1.50 bits per heavy atom. The summed E-state index contributed by atoms with van der Waals surface area (Å²) in [5, 5.41) is 1.29. The van der Waals surface area contributed by atoms with E-state index in [0.29, 0.717) is 0 Å². The van der Waals surface area contributed by atoms with Crippen LogP contribution in [0.15, 0.2) is 24.3 Å². The van der Waals surface area contributed by atoms with Gasteiger partial charge in [0.2, 0.25) is 0 Å². The van der Waals surface area contributed by atoms with Crippen molar-refractivity contribution in [1.29, 1.82) is 0 Å². The Kier molecular flexibility index (Phi) is 1.65. The molecule has 0 bridgehead atoms. The van der Waals surface area contributed by atoms with Gasteiger partial charge in [-0.25, -0.2) is 0 Å². The van der Waals surface area contributed by atoms with Crippen molar-refractivity contribution in [3.05, 3.63) is 36.0 Å². The number of hydrogen-bond donors (Lipinski definition) is 0. The highest BCUT2D eigenvalue weighted by atomic mass is 15.0. The molecule has 1 aromatic carbocycles. The molecule has 1 aromatic heterocycles. The molecular weight excluding hydrogens is 146 g/mol. The first-order valence-corrected chi connectivity index (χ1v) is 4.29. The zero-order valence-electron chi connectivity index (χ0n) is 7.46. The summed E-state index contributed by atoms with van der Waals surface area (Å²) in [6.45, 7) is 5.35. The Balaban J connectivity index is 2.81. The molecule has 0 fully saturated rings. The number of fused-ring (bicyclic) bond motifs is 1. The third-order valence-corrected chi connectivity index (χ3v) is 2.27. The van der Waals surface area contributed by atoms with Crippen LogP contribution in [0.2, 0.25) is 0 Å². The molecule has 12 heavy (non-hydrogen) atoms. The van der Waals surface area contributed by atoms with E-state index in [-0.39, 0.29) is 0 Å². The molecule has 1 heterocycles. The van der Waals surface area contributed by atoms with Gasteiger partial charge in [-0.15, -0.1) is 0 Å². The van der Waals surface area contributed by atoms with Crippen LogP contribution in [0.1, 0.15) is 12.6 Å². The summed E-state index contributed by atoms with van der Waals surface area (Å²) >= 11 is 0. The van der Waals surface area contributed by atoms with Crippen LogP contribution >= 0.6 is 0 Å². The maximum Gasteiger partial charge on any atom is 0.0482 e.